The molecule has 0 N–H and O–H groups in total. The van der Waals surface area contributed by atoms with Gasteiger partial charge in [0, 0.05) is 0 Å². The first-order valence-corrected chi connectivity index (χ1v) is 9.51. The summed E-state index contributed by atoms with van der Waals surface area (Å²) in [5.41, 5.74) is 2.86. The quantitative estimate of drug-likeness (QED) is 0.695. The van der Waals surface area contributed by atoms with Gasteiger partial charge in [-0.1, -0.05) is 29.8 Å². The first-order valence-electron chi connectivity index (χ1n) is 9.51. The average Bonchev–Trinajstić information content (AvgIpc) is 2.85. The molecule has 0 bridgehead atoms. The molecule has 0 unspecified atom stereocenters. The maximum absolute atomic E-state index is 12.1. The average molecular weight is 370 g/mol. The number of rotatable bonds is 1. The fourth-order valence-corrected chi connectivity index (χ4v) is 3.04. The topological polar surface area (TPSA) is 27.7 Å². The summed E-state index contributed by atoms with van der Waals surface area (Å²) >= 11 is 0. The van der Waals surface area contributed by atoms with Crippen LogP contribution in [0, 0.1) is 12.7 Å². The van der Waals surface area contributed by atoms with Crippen LogP contribution in [0.4, 0.5) is 4.39 Å². The van der Waals surface area contributed by atoms with E-state index >= 15 is 0 Å². The van der Waals surface area contributed by atoms with Crippen LogP contribution in [0.2, 0.25) is 0 Å². The van der Waals surface area contributed by atoms with Gasteiger partial charge in [-0.05, 0) is 76.7 Å². The number of benzene rings is 2. The number of ether oxygens (including phenoxy) is 1. The van der Waals surface area contributed by atoms with E-state index in [2.05, 4.69) is 33.8 Å². The summed E-state index contributed by atoms with van der Waals surface area (Å²) in [7, 11) is -0.280. The van der Waals surface area contributed by atoms with E-state index in [1.54, 1.807) is 12.1 Å². The Morgan fingerprint density at radius 2 is 1.56 bits per heavy atom. The maximum Gasteiger partial charge on any atom is 0.494 e. The van der Waals surface area contributed by atoms with Crippen molar-refractivity contribution in [1.82, 2.24) is 0 Å². The van der Waals surface area contributed by atoms with Crippen LogP contribution in [0.25, 0.3) is 0 Å². The van der Waals surface area contributed by atoms with Crippen LogP contribution in [0.3, 0.4) is 0 Å². The summed E-state index contributed by atoms with van der Waals surface area (Å²) in [6.45, 7) is 11.1. The van der Waals surface area contributed by atoms with E-state index in [1.165, 1.54) is 17.7 Å². The molecule has 0 aliphatic carbocycles. The highest BCUT2D eigenvalue weighted by Gasteiger charge is 2.51. The molecule has 144 valence electrons. The minimum absolute atomic E-state index is 0.171. The number of hydrogen-bond donors (Lipinski definition) is 0. The Morgan fingerprint density at radius 3 is 2.15 bits per heavy atom. The second-order valence-electron chi connectivity index (χ2n) is 8.20. The van der Waals surface area contributed by atoms with E-state index in [1.807, 2.05) is 19.1 Å². The summed E-state index contributed by atoms with van der Waals surface area (Å²) in [6.07, 6.45) is 2.16. The zero-order valence-corrected chi connectivity index (χ0v) is 16.8. The Morgan fingerprint density at radius 1 is 0.926 bits per heavy atom. The molecule has 1 saturated heterocycles. The molecule has 2 heterocycles. The molecular weight excluding hydrogens is 342 g/mol. The molecular formula is C22H28BFO3. The van der Waals surface area contributed by atoms with Crippen molar-refractivity contribution >= 4 is 12.6 Å². The fourth-order valence-electron chi connectivity index (χ4n) is 3.04. The van der Waals surface area contributed by atoms with Crippen molar-refractivity contribution < 1.29 is 18.4 Å². The predicted molar refractivity (Wildman–Crippen MR) is 107 cm³/mol. The minimum Gasteiger partial charge on any atom is -0.493 e. The second kappa shape index (κ2) is 7.65. The molecule has 4 rings (SSSR count). The summed E-state index contributed by atoms with van der Waals surface area (Å²) < 4.78 is 29.9. The highest BCUT2D eigenvalue weighted by Crippen LogP contribution is 2.36. The van der Waals surface area contributed by atoms with Crippen LogP contribution in [0.15, 0.2) is 42.5 Å². The van der Waals surface area contributed by atoms with Crippen molar-refractivity contribution in [3.8, 4) is 5.75 Å². The lowest BCUT2D eigenvalue weighted by Crippen LogP contribution is -2.41. The van der Waals surface area contributed by atoms with Crippen LogP contribution in [0.1, 0.15) is 45.2 Å². The van der Waals surface area contributed by atoms with Gasteiger partial charge in [-0.25, -0.2) is 4.39 Å². The molecule has 0 atom stereocenters. The number of aryl methyl sites for hydroxylation is 2. The van der Waals surface area contributed by atoms with Gasteiger partial charge in [-0.3, -0.25) is 0 Å². The van der Waals surface area contributed by atoms with Crippen molar-refractivity contribution in [1.29, 1.82) is 0 Å². The third kappa shape index (κ3) is 4.53. The third-order valence-corrected chi connectivity index (χ3v) is 5.47. The molecule has 2 aromatic rings. The zero-order chi connectivity index (χ0) is 19.7. The highest BCUT2D eigenvalue weighted by atomic mass is 19.1. The Bertz CT molecular complexity index is 750. The lowest BCUT2D eigenvalue weighted by atomic mass is 9.78. The molecule has 2 aliphatic rings. The minimum atomic E-state index is -0.288. The molecule has 0 aromatic heterocycles. The normalized spacial score (nSPS) is 19.6. The van der Waals surface area contributed by atoms with Gasteiger partial charge in [0.1, 0.15) is 11.6 Å². The van der Waals surface area contributed by atoms with E-state index in [9.17, 15) is 4.39 Å². The first kappa shape index (κ1) is 19.9. The number of hydrogen-bond acceptors (Lipinski definition) is 3. The predicted octanol–water partition coefficient (Wildman–Crippen LogP) is 4.44. The Hall–Kier alpha value is -1.85. The molecule has 27 heavy (non-hydrogen) atoms. The SMILES string of the molecule is CC1(C)OB(c2ccc3c(c2)CCCO3)OC1(C)C.Cc1ccc(F)cc1. The Balaban J connectivity index is 0.000000221. The second-order valence-corrected chi connectivity index (χ2v) is 8.20. The molecule has 0 spiro atoms. The molecule has 1 fully saturated rings. The van der Waals surface area contributed by atoms with Gasteiger partial charge in [-0.15, -0.1) is 0 Å². The molecule has 0 radical (unpaired) electrons. The van der Waals surface area contributed by atoms with Gasteiger partial charge in [-0.2, -0.15) is 0 Å². The van der Waals surface area contributed by atoms with Crippen molar-refractivity contribution in [2.24, 2.45) is 0 Å². The van der Waals surface area contributed by atoms with Crippen LogP contribution in [0.5, 0.6) is 5.75 Å². The molecule has 2 aliphatic heterocycles. The summed E-state index contributed by atoms with van der Waals surface area (Å²) in [5, 5.41) is 0. The van der Waals surface area contributed by atoms with E-state index < -0.39 is 0 Å². The van der Waals surface area contributed by atoms with Crippen LogP contribution in [-0.4, -0.2) is 24.9 Å². The first-order chi connectivity index (χ1) is 12.7. The van der Waals surface area contributed by atoms with Crippen LogP contribution < -0.4 is 10.2 Å². The largest absolute Gasteiger partial charge is 0.494 e. The Kier molecular flexibility index (Phi) is 5.64. The van der Waals surface area contributed by atoms with Gasteiger partial charge in [0.15, 0.2) is 0 Å². The number of halogens is 1. The Labute approximate surface area is 162 Å². The maximum atomic E-state index is 12.1. The molecule has 0 saturated carbocycles. The van der Waals surface area contributed by atoms with Crippen molar-refractivity contribution in [3.63, 3.8) is 0 Å². The fraction of sp³-hybridized carbons (Fsp3) is 0.455. The number of fused-ring (bicyclic) bond motifs is 1. The van der Waals surface area contributed by atoms with Gasteiger partial charge < -0.3 is 14.0 Å². The van der Waals surface area contributed by atoms with E-state index in [0.29, 0.717) is 0 Å². The zero-order valence-electron chi connectivity index (χ0n) is 16.8. The smallest absolute Gasteiger partial charge is 0.493 e. The summed E-state index contributed by atoms with van der Waals surface area (Å²) in [6, 6.07) is 12.6. The van der Waals surface area contributed by atoms with Gasteiger partial charge in [0.2, 0.25) is 0 Å². The van der Waals surface area contributed by atoms with Crippen LogP contribution >= 0.6 is 0 Å². The van der Waals surface area contributed by atoms with Crippen molar-refractivity contribution in [3.05, 3.63) is 59.4 Å². The van der Waals surface area contributed by atoms with E-state index in [0.717, 1.165) is 36.2 Å². The summed E-state index contributed by atoms with van der Waals surface area (Å²) in [4.78, 5) is 0. The molecule has 0 amide bonds. The molecule has 3 nitrogen and oxygen atoms in total. The third-order valence-electron chi connectivity index (χ3n) is 5.47. The van der Waals surface area contributed by atoms with Crippen LogP contribution in [-0.2, 0) is 15.7 Å². The van der Waals surface area contributed by atoms with Gasteiger partial charge in [0.05, 0.1) is 17.8 Å². The lowest BCUT2D eigenvalue weighted by Gasteiger charge is -2.32. The lowest BCUT2D eigenvalue weighted by molar-refractivity contribution is 0.00578. The summed E-state index contributed by atoms with van der Waals surface area (Å²) in [5.74, 6) is 0.835. The van der Waals surface area contributed by atoms with Crippen molar-refractivity contribution in [2.75, 3.05) is 6.61 Å². The van der Waals surface area contributed by atoms with Gasteiger partial charge >= 0.3 is 7.12 Å². The monoisotopic (exact) mass is 370 g/mol. The van der Waals surface area contributed by atoms with E-state index in [4.69, 9.17) is 14.0 Å². The standard InChI is InChI=1S/C15H21BO3.C7H7F/c1-14(2)15(3,4)19-16(18-14)12-7-8-13-11(10-12)6-5-9-17-13;1-6-2-4-7(8)5-3-6/h7-8,10H,5-6,9H2,1-4H3;2-5H,1H3. The molecule has 5 heteroatoms. The highest BCUT2D eigenvalue weighted by molar-refractivity contribution is 6.62. The molecule has 2 aromatic carbocycles. The van der Waals surface area contributed by atoms with Gasteiger partial charge in [0.25, 0.3) is 0 Å². The van der Waals surface area contributed by atoms with Crippen molar-refractivity contribution in [2.45, 2.75) is 58.7 Å². The van der Waals surface area contributed by atoms with E-state index in [-0.39, 0.29) is 24.1 Å².